The van der Waals surface area contributed by atoms with Crippen LogP contribution in [-0.4, -0.2) is 60.8 Å². The summed E-state index contributed by atoms with van der Waals surface area (Å²) in [4.78, 5) is 27.0. The average molecular weight is 476 g/mol. The van der Waals surface area contributed by atoms with Gasteiger partial charge in [-0.05, 0) is 25.3 Å². The fourth-order valence-corrected chi connectivity index (χ4v) is 4.63. The van der Waals surface area contributed by atoms with Crippen LogP contribution >= 0.6 is 0 Å². The number of carbonyl (C=O) groups is 2. The van der Waals surface area contributed by atoms with Crippen molar-refractivity contribution in [3.63, 3.8) is 0 Å². The van der Waals surface area contributed by atoms with Gasteiger partial charge in [0.05, 0.1) is 30.7 Å². The van der Waals surface area contributed by atoms with Gasteiger partial charge < -0.3 is 19.7 Å². The van der Waals surface area contributed by atoms with Crippen LogP contribution in [-0.2, 0) is 14.3 Å². The second-order valence-corrected chi connectivity index (χ2v) is 9.94. The van der Waals surface area contributed by atoms with Gasteiger partial charge in [-0.1, -0.05) is 30.3 Å². The molecule has 2 saturated heterocycles. The molecule has 4 rings (SSSR count). The molecule has 2 heterocycles. The van der Waals surface area contributed by atoms with Crippen molar-refractivity contribution in [2.45, 2.75) is 69.1 Å². The molecule has 34 heavy (non-hydrogen) atoms. The van der Waals surface area contributed by atoms with E-state index in [-0.39, 0.29) is 12.3 Å². The lowest BCUT2D eigenvalue weighted by Gasteiger charge is -2.45. The maximum absolute atomic E-state index is 13.7. The van der Waals surface area contributed by atoms with Crippen molar-refractivity contribution < 1.29 is 27.8 Å². The van der Waals surface area contributed by atoms with E-state index < -0.39 is 41.4 Å². The lowest BCUT2D eigenvalue weighted by molar-refractivity contribution is -0.287. The van der Waals surface area contributed by atoms with Crippen LogP contribution in [0, 0.1) is 16.7 Å². The first kappa shape index (κ1) is 24.6. The highest BCUT2D eigenvalue weighted by Gasteiger charge is 2.47. The van der Waals surface area contributed by atoms with Crippen LogP contribution in [0.2, 0.25) is 0 Å². The second-order valence-electron chi connectivity index (χ2n) is 9.94. The quantitative estimate of drug-likeness (QED) is 0.644. The Morgan fingerprint density at radius 1 is 1.18 bits per heavy atom. The van der Waals surface area contributed by atoms with E-state index in [0.717, 1.165) is 12.5 Å². The molecule has 9 heteroatoms. The molecule has 1 aliphatic carbocycles. The van der Waals surface area contributed by atoms with Gasteiger partial charge in [-0.2, -0.15) is 5.26 Å². The van der Waals surface area contributed by atoms with Gasteiger partial charge in [0.25, 0.3) is 0 Å². The van der Waals surface area contributed by atoms with E-state index in [1.807, 2.05) is 30.3 Å². The molecule has 1 N–H and O–H groups in total. The smallest absolute Gasteiger partial charge is 0.317 e. The minimum Gasteiger partial charge on any atom is -0.349 e. The predicted octanol–water partition coefficient (Wildman–Crippen LogP) is 4.00. The van der Waals surface area contributed by atoms with E-state index in [1.165, 1.54) is 4.90 Å². The number of likely N-dealkylation sites (tertiary alicyclic amines) is 1. The molecule has 0 bridgehead atoms. The lowest BCUT2D eigenvalue weighted by Crippen LogP contribution is -2.56. The van der Waals surface area contributed by atoms with E-state index in [9.17, 15) is 23.6 Å². The number of piperidine rings is 1. The normalized spacial score (nSPS) is 22.6. The monoisotopic (exact) mass is 475 g/mol. The molecule has 1 spiro atoms. The van der Waals surface area contributed by atoms with Gasteiger partial charge in [-0.25, -0.2) is 13.6 Å². The largest absolute Gasteiger partial charge is 0.349 e. The number of halogens is 2. The predicted molar refractivity (Wildman–Crippen MR) is 119 cm³/mol. The Morgan fingerprint density at radius 2 is 1.79 bits per heavy atom. The Balaban J connectivity index is 1.30. The number of benzene rings is 1. The second kappa shape index (κ2) is 9.59. The summed E-state index contributed by atoms with van der Waals surface area (Å²) in [6, 6.07) is 10.2. The number of hydrogen-bond donors (Lipinski definition) is 1. The third-order valence-electron chi connectivity index (χ3n) is 7.03. The van der Waals surface area contributed by atoms with Crippen molar-refractivity contribution in [1.29, 1.82) is 5.26 Å². The number of Topliss-reactive ketones (excluding diaryl/α,β-unsaturated/α-hetero) is 1. The van der Waals surface area contributed by atoms with Gasteiger partial charge >= 0.3 is 6.03 Å². The van der Waals surface area contributed by atoms with E-state index >= 15 is 0 Å². The molecule has 7 nitrogen and oxygen atoms in total. The first-order valence-corrected chi connectivity index (χ1v) is 11.8. The van der Waals surface area contributed by atoms with Gasteiger partial charge in [0, 0.05) is 44.7 Å². The molecular formula is C25H31F2N3O4. The number of carbonyl (C=O) groups excluding carboxylic acids is 2. The van der Waals surface area contributed by atoms with Gasteiger partial charge in [0.1, 0.15) is 0 Å². The zero-order valence-electron chi connectivity index (χ0n) is 19.4. The highest BCUT2D eigenvalue weighted by molar-refractivity contribution is 5.89. The topological polar surface area (TPSA) is 91.7 Å². The number of alkyl halides is 2. The molecule has 1 saturated carbocycles. The van der Waals surface area contributed by atoms with Crippen molar-refractivity contribution in [2.75, 3.05) is 26.3 Å². The summed E-state index contributed by atoms with van der Waals surface area (Å²) in [5.74, 6) is -4.24. The number of nitrogens with one attached hydrogen (secondary N) is 1. The molecule has 184 valence electrons. The molecule has 1 aromatic rings. The minimum atomic E-state index is -3.12. The van der Waals surface area contributed by atoms with Crippen molar-refractivity contribution in [3.8, 4) is 6.07 Å². The zero-order valence-corrected chi connectivity index (χ0v) is 19.4. The van der Waals surface area contributed by atoms with Crippen molar-refractivity contribution >= 4 is 11.8 Å². The number of ether oxygens (including phenoxy) is 2. The Labute approximate surface area is 198 Å². The van der Waals surface area contributed by atoms with Crippen LogP contribution in [0.3, 0.4) is 0 Å². The molecule has 0 unspecified atom stereocenters. The van der Waals surface area contributed by atoms with Crippen LogP contribution in [0.15, 0.2) is 30.3 Å². The highest BCUT2D eigenvalue weighted by atomic mass is 19.3. The Hall–Kier alpha value is -2.57. The molecule has 3 aliphatic rings. The van der Waals surface area contributed by atoms with E-state index in [2.05, 4.69) is 11.4 Å². The number of amides is 2. The first-order chi connectivity index (χ1) is 16.1. The summed E-state index contributed by atoms with van der Waals surface area (Å²) in [6.45, 7) is 2.43. The van der Waals surface area contributed by atoms with Crippen LogP contribution in [0.5, 0.6) is 0 Å². The average Bonchev–Trinajstić information content (AvgIpc) is 3.59. The van der Waals surface area contributed by atoms with Crippen LogP contribution < -0.4 is 5.32 Å². The highest BCUT2D eigenvalue weighted by Crippen LogP contribution is 2.48. The molecule has 1 atom stereocenters. The van der Waals surface area contributed by atoms with Crippen molar-refractivity contribution in [1.82, 2.24) is 10.2 Å². The fourth-order valence-electron chi connectivity index (χ4n) is 4.63. The van der Waals surface area contributed by atoms with Crippen LogP contribution in [0.1, 0.15) is 56.9 Å². The molecule has 0 aromatic heterocycles. The van der Waals surface area contributed by atoms with Gasteiger partial charge in [0.2, 0.25) is 5.92 Å². The summed E-state index contributed by atoms with van der Waals surface area (Å²) in [5, 5.41) is 11.7. The molecule has 0 radical (unpaired) electrons. The Kier molecular flexibility index (Phi) is 6.92. The molecule has 1 aromatic carbocycles. The number of hydrogen-bond acceptors (Lipinski definition) is 5. The number of rotatable bonds is 7. The summed E-state index contributed by atoms with van der Waals surface area (Å²) in [7, 11) is 0. The first-order valence-electron chi connectivity index (χ1n) is 11.8. The SMILES string of the molecule is CC(F)(F)C[C@H](NC(=O)N1CCC2(CC1)OCC(c1ccccc1)CO2)C(=O)CC1(C#N)CC1. The van der Waals surface area contributed by atoms with Gasteiger partial charge in [-0.3, -0.25) is 4.79 Å². The Bertz CT molecular complexity index is 922. The van der Waals surface area contributed by atoms with Crippen LogP contribution in [0.25, 0.3) is 0 Å². The minimum absolute atomic E-state index is 0.113. The summed E-state index contributed by atoms with van der Waals surface area (Å²) >= 11 is 0. The maximum Gasteiger partial charge on any atom is 0.317 e. The lowest BCUT2D eigenvalue weighted by atomic mass is 9.94. The molecular weight excluding hydrogens is 444 g/mol. The number of nitrogens with zero attached hydrogens (tertiary/aromatic N) is 2. The number of nitriles is 1. The number of ketones is 1. The van der Waals surface area contributed by atoms with Gasteiger partial charge in [0.15, 0.2) is 11.6 Å². The third kappa shape index (κ3) is 5.91. The van der Waals surface area contributed by atoms with Crippen LogP contribution in [0.4, 0.5) is 13.6 Å². The molecule has 3 fully saturated rings. The number of urea groups is 1. The van der Waals surface area contributed by atoms with Gasteiger partial charge in [-0.15, -0.1) is 0 Å². The molecule has 2 amide bonds. The molecule has 2 aliphatic heterocycles. The Morgan fingerprint density at radius 3 is 2.32 bits per heavy atom. The maximum atomic E-state index is 13.7. The summed E-state index contributed by atoms with van der Waals surface area (Å²) in [6.07, 6.45) is 1.18. The zero-order chi connectivity index (χ0) is 24.4. The summed E-state index contributed by atoms with van der Waals surface area (Å²) < 4.78 is 39.7. The third-order valence-corrected chi connectivity index (χ3v) is 7.03. The van der Waals surface area contributed by atoms with Crippen molar-refractivity contribution in [2.24, 2.45) is 5.41 Å². The van der Waals surface area contributed by atoms with E-state index in [4.69, 9.17) is 9.47 Å². The van der Waals surface area contributed by atoms with Crippen molar-refractivity contribution in [3.05, 3.63) is 35.9 Å². The summed E-state index contributed by atoms with van der Waals surface area (Å²) in [5.41, 5.74) is 0.399. The fraction of sp³-hybridized carbons (Fsp3) is 0.640. The van der Waals surface area contributed by atoms with E-state index in [0.29, 0.717) is 52.0 Å². The van der Waals surface area contributed by atoms with E-state index in [1.54, 1.807) is 0 Å². The standard InChI is InChI=1S/C25H31F2N3O4/c1-23(26,27)13-20(21(31)14-24(17-28)7-8-24)29-22(32)30-11-9-25(10-12-30)33-15-19(16-34-25)18-5-3-2-4-6-18/h2-6,19-20H,7-16H2,1H3,(H,29,32)/t20-/m0/s1.